The molecule has 1 fully saturated rings. The second-order valence-corrected chi connectivity index (χ2v) is 8.00. The third kappa shape index (κ3) is 4.62. The molecule has 1 N–H and O–H groups in total. The summed E-state index contributed by atoms with van der Waals surface area (Å²) >= 11 is 0. The van der Waals surface area contributed by atoms with Gasteiger partial charge in [-0.15, -0.1) is 0 Å². The summed E-state index contributed by atoms with van der Waals surface area (Å²) < 4.78 is 7.25. The van der Waals surface area contributed by atoms with Crippen LogP contribution < -0.4 is 5.32 Å². The van der Waals surface area contributed by atoms with Crippen LogP contribution in [0.1, 0.15) is 34.6 Å². The van der Waals surface area contributed by atoms with Crippen LogP contribution in [-0.2, 0) is 24.1 Å². The summed E-state index contributed by atoms with van der Waals surface area (Å²) in [6.45, 7) is 4.54. The first-order valence-electron chi connectivity index (χ1n) is 10.4. The van der Waals surface area contributed by atoms with Crippen molar-refractivity contribution in [1.82, 2.24) is 20.0 Å². The molecule has 4 rings (SSSR count). The van der Waals surface area contributed by atoms with E-state index in [1.54, 1.807) is 7.11 Å². The molecule has 0 spiro atoms. The molecule has 1 aromatic heterocycles. The lowest BCUT2D eigenvalue weighted by Gasteiger charge is -2.32. The minimum absolute atomic E-state index is 0.0742. The van der Waals surface area contributed by atoms with Gasteiger partial charge >= 0.3 is 0 Å². The normalized spacial score (nSPS) is 20.2. The third-order valence-electron chi connectivity index (χ3n) is 6.03. The van der Waals surface area contributed by atoms with Crippen LogP contribution in [0, 0.1) is 5.92 Å². The van der Waals surface area contributed by atoms with Gasteiger partial charge in [0, 0.05) is 32.3 Å². The van der Waals surface area contributed by atoms with Gasteiger partial charge in [-0.1, -0.05) is 30.3 Å². The van der Waals surface area contributed by atoms with Gasteiger partial charge in [-0.3, -0.25) is 9.48 Å². The van der Waals surface area contributed by atoms with E-state index >= 15 is 0 Å². The Morgan fingerprint density at radius 1 is 1.25 bits per heavy atom. The van der Waals surface area contributed by atoms with Crippen molar-refractivity contribution in [3.8, 4) is 0 Å². The molecule has 0 radical (unpaired) electrons. The fourth-order valence-corrected chi connectivity index (χ4v) is 4.32. The highest BCUT2D eigenvalue weighted by molar-refractivity contribution is 5.92. The van der Waals surface area contributed by atoms with Crippen LogP contribution in [0.25, 0.3) is 0 Å². The van der Waals surface area contributed by atoms with Gasteiger partial charge in [0.15, 0.2) is 0 Å². The number of likely N-dealkylation sites (tertiary alicyclic amines) is 1. The van der Waals surface area contributed by atoms with Crippen molar-refractivity contribution in [2.75, 3.05) is 33.3 Å². The molecule has 3 heterocycles. The average molecular weight is 383 g/mol. The van der Waals surface area contributed by atoms with Gasteiger partial charge in [0.05, 0.1) is 12.6 Å². The number of nitrogens with zero attached hydrogens (tertiary/aromatic N) is 3. The van der Waals surface area contributed by atoms with Crippen LogP contribution >= 0.6 is 0 Å². The third-order valence-corrected chi connectivity index (χ3v) is 6.03. The number of carbonyl (C=O) groups excluding carboxylic acids is 1. The number of hydrogen-bond donors (Lipinski definition) is 1. The molecule has 6 heteroatoms. The van der Waals surface area contributed by atoms with Crippen molar-refractivity contribution >= 4 is 5.91 Å². The number of carbonyl (C=O) groups is 1. The predicted molar refractivity (Wildman–Crippen MR) is 108 cm³/mol. The quantitative estimate of drug-likeness (QED) is 0.797. The molecule has 0 bridgehead atoms. The number of ether oxygens (including phenoxy) is 1. The number of benzene rings is 1. The highest BCUT2D eigenvalue weighted by atomic mass is 16.5. The molecule has 0 saturated carbocycles. The number of amides is 1. The topological polar surface area (TPSA) is 59.4 Å². The highest BCUT2D eigenvalue weighted by Gasteiger charge is 2.25. The van der Waals surface area contributed by atoms with Crippen molar-refractivity contribution in [1.29, 1.82) is 0 Å². The van der Waals surface area contributed by atoms with Crippen molar-refractivity contribution < 1.29 is 9.53 Å². The van der Waals surface area contributed by atoms with Gasteiger partial charge in [0.1, 0.15) is 5.69 Å². The van der Waals surface area contributed by atoms with E-state index in [1.807, 2.05) is 10.7 Å². The molecular weight excluding hydrogens is 352 g/mol. The minimum Gasteiger partial charge on any atom is -0.379 e. The summed E-state index contributed by atoms with van der Waals surface area (Å²) in [5, 5.41) is 7.44. The van der Waals surface area contributed by atoms with E-state index in [4.69, 9.17) is 4.74 Å². The Balaban J connectivity index is 1.16. The first-order valence-corrected chi connectivity index (χ1v) is 10.4. The zero-order valence-corrected chi connectivity index (χ0v) is 16.6. The molecule has 1 amide bonds. The molecule has 1 saturated heterocycles. The molecule has 1 atom stereocenters. The molecular formula is C22H30N4O2. The van der Waals surface area contributed by atoms with Gasteiger partial charge in [-0.05, 0) is 49.9 Å². The van der Waals surface area contributed by atoms with Crippen LogP contribution in [-0.4, -0.2) is 60.0 Å². The smallest absolute Gasteiger partial charge is 0.271 e. The SMILES string of the molecule is CO[C@H]1Cc2cc(C(=O)NCCN3CCC(Cc4ccccc4)CC3)nn2C1. The maximum absolute atomic E-state index is 12.4. The standard InChI is InChI=1S/C22H30N4O2/c1-28-20-14-19-15-21(24-26(19)16-20)22(27)23-9-12-25-10-7-18(8-11-25)13-17-5-3-2-4-6-17/h2-6,15,18,20H,7-14,16H2,1H3,(H,23,27)/t20-/m0/s1. The van der Waals surface area contributed by atoms with E-state index in [0.717, 1.165) is 44.2 Å². The largest absolute Gasteiger partial charge is 0.379 e. The second-order valence-electron chi connectivity index (χ2n) is 8.00. The van der Waals surface area contributed by atoms with Crippen molar-refractivity contribution in [2.45, 2.75) is 38.3 Å². The Kier molecular flexibility index (Phi) is 6.07. The highest BCUT2D eigenvalue weighted by Crippen LogP contribution is 2.21. The summed E-state index contributed by atoms with van der Waals surface area (Å²) in [6, 6.07) is 12.7. The number of nitrogens with one attached hydrogen (secondary N) is 1. The van der Waals surface area contributed by atoms with Crippen LogP contribution in [0.3, 0.4) is 0 Å². The van der Waals surface area contributed by atoms with Crippen LogP contribution in [0.15, 0.2) is 36.4 Å². The first-order chi connectivity index (χ1) is 13.7. The number of piperidine rings is 1. The lowest BCUT2D eigenvalue weighted by atomic mass is 9.90. The molecule has 0 unspecified atom stereocenters. The Hall–Kier alpha value is -2.18. The van der Waals surface area contributed by atoms with E-state index < -0.39 is 0 Å². The number of fused-ring (bicyclic) bond motifs is 1. The number of methoxy groups -OCH3 is 1. The predicted octanol–water partition coefficient (Wildman–Crippen LogP) is 2.14. The van der Waals surface area contributed by atoms with Gasteiger partial charge in [0.2, 0.25) is 0 Å². The molecule has 2 aromatic rings. The summed E-state index contributed by atoms with van der Waals surface area (Å²) in [5.41, 5.74) is 3.04. The van der Waals surface area contributed by atoms with Gasteiger partial charge < -0.3 is 15.0 Å². The molecule has 1 aromatic carbocycles. The average Bonchev–Trinajstić information content (AvgIpc) is 3.29. The van der Waals surface area contributed by atoms with E-state index in [-0.39, 0.29) is 12.0 Å². The maximum atomic E-state index is 12.4. The fourth-order valence-electron chi connectivity index (χ4n) is 4.32. The molecule has 28 heavy (non-hydrogen) atoms. The zero-order chi connectivity index (χ0) is 19.3. The van der Waals surface area contributed by atoms with Gasteiger partial charge in [-0.2, -0.15) is 5.10 Å². The van der Waals surface area contributed by atoms with E-state index in [9.17, 15) is 4.79 Å². The van der Waals surface area contributed by atoms with E-state index in [1.165, 1.54) is 24.8 Å². The van der Waals surface area contributed by atoms with Crippen LogP contribution in [0.5, 0.6) is 0 Å². The van der Waals surface area contributed by atoms with E-state index in [2.05, 4.69) is 45.6 Å². The molecule has 150 valence electrons. The van der Waals surface area contributed by atoms with Gasteiger partial charge in [0.25, 0.3) is 5.91 Å². The summed E-state index contributed by atoms with van der Waals surface area (Å²) in [7, 11) is 1.72. The summed E-state index contributed by atoms with van der Waals surface area (Å²) in [5.74, 6) is 0.701. The number of aromatic nitrogens is 2. The Morgan fingerprint density at radius 3 is 2.75 bits per heavy atom. The molecule has 2 aliphatic heterocycles. The molecule has 6 nitrogen and oxygen atoms in total. The van der Waals surface area contributed by atoms with Crippen molar-refractivity contribution in [3.63, 3.8) is 0 Å². The lowest BCUT2D eigenvalue weighted by molar-refractivity contribution is 0.0927. The fraction of sp³-hybridized carbons (Fsp3) is 0.545. The second kappa shape index (κ2) is 8.88. The Labute approximate surface area is 166 Å². The van der Waals surface area contributed by atoms with Crippen LogP contribution in [0.4, 0.5) is 0 Å². The van der Waals surface area contributed by atoms with Crippen molar-refractivity contribution in [2.24, 2.45) is 5.92 Å². The summed E-state index contributed by atoms with van der Waals surface area (Å²) in [4.78, 5) is 14.8. The molecule has 0 aliphatic carbocycles. The zero-order valence-electron chi connectivity index (χ0n) is 16.6. The van der Waals surface area contributed by atoms with Crippen molar-refractivity contribution in [3.05, 3.63) is 53.3 Å². The summed E-state index contributed by atoms with van der Waals surface area (Å²) in [6.07, 6.45) is 4.66. The number of hydrogen-bond acceptors (Lipinski definition) is 4. The first kappa shape index (κ1) is 19.2. The Bertz CT molecular complexity index is 758. The Morgan fingerprint density at radius 2 is 2.04 bits per heavy atom. The minimum atomic E-state index is -0.0742. The monoisotopic (exact) mass is 382 g/mol. The number of rotatable bonds is 7. The van der Waals surface area contributed by atoms with E-state index in [0.29, 0.717) is 12.2 Å². The lowest BCUT2D eigenvalue weighted by Crippen LogP contribution is -2.40. The maximum Gasteiger partial charge on any atom is 0.271 e. The van der Waals surface area contributed by atoms with Gasteiger partial charge in [-0.25, -0.2) is 0 Å². The van der Waals surface area contributed by atoms with Crippen LogP contribution in [0.2, 0.25) is 0 Å². The molecule has 2 aliphatic rings.